The van der Waals surface area contributed by atoms with Crippen LogP contribution < -0.4 is 5.32 Å². The van der Waals surface area contributed by atoms with Gasteiger partial charge in [-0.25, -0.2) is 8.78 Å². The summed E-state index contributed by atoms with van der Waals surface area (Å²) in [6.45, 7) is 0. The summed E-state index contributed by atoms with van der Waals surface area (Å²) in [6, 6.07) is 10.8. The molecule has 2 aromatic carbocycles. The molecule has 2 rings (SSSR count). The van der Waals surface area contributed by atoms with Crippen LogP contribution in [0.4, 0.5) is 14.5 Å². The Balaban J connectivity index is 2.17. The van der Waals surface area contributed by atoms with Crippen LogP contribution in [0, 0.1) is 11.6 Å². The third-order valence-electron chi connectivity index (χ3n) is 2.17. The van der Waals surface area contributed by atoms with Crippen molar-refractivity contribution in [2.75, 3.05) is 5.32 Å². The van der Waals surface area contributed by atoms with Crippen LogP contribution in [0.3, 0.4) is 0 Å². The Morgan fingerprint density at radius 3 is 2.24 bits per heavy atom. The second-order valence-electron chi connectivity index (χ2n) is 3.47. The second kappa shape index (κ2) is 4.74. The first-order chi connectivity index (χ1) is 8.15. The van der Waals surface area contributed by atoms with E-state index in [1.54, 1.807) is 6.07 Å². The minimum absolute atomic E-state index is 0.189. The van der Waals surface area contributed by atoms with Gasteiger partial charge < -0.3 is 5.32 Å². The van der Waals surface area contributed by atoms with Crippen LogP contribution in [0.5, 0.6) is 0 Å². The van der Waals surface area contributed by atoms with Gasteiger partial charge in [-0.05, 0) is 36.4 Å². The highest BCUT2D eigenvalue weighted by Crippen LogP contribution is 2.11. The topological polar surface area (TPSA) is 29.1 Å². The predicted octanol–water partition coefficient (Wildman–Crippen LogP) is 3.22. The Labute approximate surface area is 96.9 Å². The lowest BCUT2D eigenvalue weighted by Crippen LogP contribution is -2.12. The molecule has 0 radical (unpaired) electrons. The molecule has 0 unspecified atom stereocenters. The molecule has 0 bridgehead atoms. The van der Waals surface area contributed by atoms with Crippen LogP contribution in [-0.4, -0.2) is 5.91 Å². The van der Waals surface area contributed by atoms with E-state index in [0.717, 1.165) is 6.07 Å². The molecular formula is C13H9F2NO. The number of carbonyl (C=O) groups is 1. The van der Waals surface area contributed by atoms with Gasteiger partial charge in [0.25, 0.3) is 5.91 Å². The number of anilines is 1. The Morgan fingerprint density at radius 1 is 0.941 bits per heavy atom. The third-order valence-corrected chi connectivity index (χ3v) is 2.17. The zero-order valence-electron chi connectivity index (χ0n) is 8.78. The minimum atomic E-state index is -0.489. The van der Waals surface area contributed by atoms with Gasteiger partial charge in [-0.3, -0.25) is 4.79 Å². The molecule has 0 saturated carbocycles. The van der Waals surface area contributed by atoms with Crippen molar-refractivity contribution in [2.45, 2.75) is 0 Å². The number of benzene rings is 2. The summed E-state index contributed by atoms with van der Waals surface area (Å²) in [4.78, 5) is 11.7. The highest BCUT2D eigenvalue weighted by molar-refractivity contribution is 6.04. The number of nitrogens with one attached hydrogen (secondary N) is 1. The highest BCUT2D eigenvalue weighted by Gasteiger charge is 2.06. The number of hydrogen-bond acceptors (Lipinski definition) is 1. The third kappa shape index (κ3) is 2.87. The summed E-state index contributed by atoms with van der Waals surface area (Å²) in [5.41, 5.74) is 0.522. The average molecular weight is 233 g/mol. The first kappa shape index (κ1) is 11.3. The number of halogens is 2. The Morgan fingerprint density at radius 2 is 1.59 bits per heavy atom. The largest absolute Gasteiger partial charge is 0.322 e. The van der Waals surface area contributed by atoms with Gasteiger partial charge in [0.15, 0.2) is 0 Å². The monoisotopic (exact) mass is 233 g/mol. The lowest BCUT2D eigenvalue weighted by Gasteiger charge is -2.05. The van der Waals surface area contributed by atoms with Crippen molar-refractivity contribution in [3.63, 3.8) is 0 Å². The molecule has 86 valence electrons. The molecule has 0 fully saturated rings. The van der Waals surface area contributed by atoms with Crippen molar-refractivity contribution < 1.29 is 13.6 Å². The van der Waals surface area contributed by atoms with Gasteiger partial charge in [-0.15, -0.1) is 0 Å². The first-order valence-electron chi connectivity index (χ1n) is 4.97. The molecule has 2 aromatic rings. The van der Waals surface area contributed by atoms with Crippen LogP contribution in [0.25, 0.3) is 0 Å². The van der Waals surface area contributed by atoms with E-state index in [9.17, 15) is 13.6 Å². The number of hydrogen-bond donors (Lipinski definition) is 1. The van der Waals surface area contributed by atoms with Gasteiger partial charge in [0.05, 0.1) is 0 Å². The number of carbonyl (C=O) groups excluding carboxylic acids is 1. The standard InChI is InChI=1S/C13H9F2NO/c14-10-4-1-3-9(7-10)13(17)16-12-6-2-5-11(15)8-12/h1-8H,(H,16,17). The van der Waals surface area contributed by atoms with Crippen molar-refractivity contribution in [1.29, 1.82) is 0 Å². The van der Waals surface area contributed by atoms with Crippen LogP contribution in [0.1, 0.15) is 10.4 Å². The lowest BCUT2D eigenvalue weighted by molar-refractivity contribution is 0.102. The van der Waals surface area contributed by atoms with Gasteiger partial charge in [0.1, 0.15) is 11.6 Å². The Kier molecular flexibility index (Phi) is 3.14. The van der Waals surface area contributed by atoms with Crippen LogP contribution >= 0.6 is 0 Å². The fourth-order valence-corrected chi connectivity index (χ4v) is 1.40. The van der Waals surface area contributed by atoms with E-state index in [4.69, 9.17) is 0 Å². The molecule has 1 amide bonds. The summed E-state index contributed by atoms with van der Waals surface area (Å²) in [5.74, 6) is -1.41. The predicted molar refractivity (Wildman–Crippen MR) is 60.8 cm³/mol. The quantitative estimate of drug-likeness (QED) is 0.847. The maximum atomic E-state index is 12.9. The Hall–Kier alpha value is -2.23. The highest BCUT2D eigenvalue weighted by atomic mass is 19.1. The van der Waals surface area contributed by atoms with Gasteiger partial charge in [-0.2, -0.15) is 0 Å². The van der Waals surface area contributed by atoms with Crippen LogP contribution in [0.2, 0.25) is 0 Å². The van der Waals surface area contributed by atoms with Crippen molar-refractivity contribution in [3.05, 3.63) is 65.7 Å². The van der Waals surface area contributed by atoms with Crippen LogP contribution in [0.15, 0.2) is 48.5 Å². The van der Waals surface area contributed by atoms with Gasteiger partial charge in [0.2, 0.25) is 0 Å². The molecule has 0 aliphatic heterocycles. The van der Waals surface area contributed by atoms with E-state index < -0.39 is 17.5 Å². The van der Waals surface area contributed by atoms with Crippen molar-refractivity contribution in [3.8, 4) is 0 Å². The van der Waals surface area contributed by atoms with Crippen molar-refractivity contribution in [1.82, 2.24) is 0 Å². The van der Waals surface area contributed by atoms with Crippen molar-refractivity contribution in [2.24, 2.45) is 0 Å². The number of rotatable bonds is 2. The molecule has 0 atom stereocenters. The summed E-state index contributed by atoms with van der Waals surface area (Å²) in [5, 5.41) is 2.48. The van der Waals surface area contributed by atoms with E-state index in [0.29, 0.717) is 5.69 Å². The molecule has 0 aliphatic carbocycles. The molecule has 2 nitrogen and oxygen atoms in total. The normalized spacial score (nSPS) is 10.0. The fraction of sp³-hybridized carbons (Fsp3) is 0. The van der Waals surface area contributed by atoms with E-state index in [-0.39, 0.29) is 5.56 Å². The molecular weight excluding hydrogens is 224 g/mol. The molecule has 1 N–H and O–H groups in total. The number of amides is 1. The lowest BCUT2D eigenvalue weighted by atomic mass is 10.2. The minimum Gasteiger partial charge on any atom is -0.322 e. The fourth-order valence-electron chi connectivity index (χ4n) is 1.40. The molecule has 0 heterocycles. The molecule has 0 spiro atoms. The summed E-state index contributed by atoms with van der Waals surface area (Å²) >= 11 is 0. The van der Waals surface area contributed by atoms with Crippen molar-refractivity contribution >= 4 is 11.6 Å². The molecule has 4 heteroatoms. The SMILES string of the molecule is O=C(Nc1cccc(F)c1)c1cccc(F)c1. The zero-order valence-corrected chi connectivity index (χ0v) is 8.78. The van der Waals surface area contributed by atoms with Crippen LogP contribution in [-0.2, 0) is 0 Å². The average Bonchev–Trinajstić information content (AvgIpc) is 2.29. The molecule has 0 saturated heterocycles. The molecule has 0 aliphatic rings. The van der Waals surface area contributed by atoms with E-state index >= 15 is 0 Å². The summed E-state index contributed by atoms with van der Waals surface area (Å²) in [7, 11) is 0. The van der Waals surface area contributed by atoms with Gasteiger partial charge >= 0.3 is 0 Å². The van der Waals surface area contributed by atoms with E-state index in [1.165, 1.54) is 36.4 Å². The summed E-state index contributed by atoms with van der Waals surface area (Å²) in [6.07, 6.45) is 0. The second-order valence-corrected chi connectivity index (χ2v) is 3.47. The maximum absolute atomic E-state index is 12.9. The maximum Gasteiger partial charge on any atom is 0.255 e. The van der Waals surface area contributed by atoms with Gasteiger partial charge in [-0.1, -0.05) is 12.1 Å². The summed E-state index contributed by atoms with van der Waals surface area (Å²) < 4.78 is 25.8. The Bertz CT molecular complexity index is 555. The van der Waals surface area contributed by atoms with E-state index in [1.807, 2.05) is 0 Å². The first-order valence-corrected chi connectivity index (χ1v) is 4.97. The zero-order chi connectivity index (χ0) is 12.3. The van der Waals surface area contributed by atoms with E-state index in [2.05, 4.69) is 5.32 Å². The molecule has 17 heavy (non-hydrogen) atoms. The smallest absolute Gasteiger partial charge is 0.255 e. The van der Waals surface area contributed by atoms with Gasteiger partial charge in [0, 0.05) is 11.3 Å². The molecule has 0 aromatic heterocycles.